The van der Waals surface area contributed by atoms with Gasteiger partial charge in [0.2, 0.25) is 0 Å². The summed E-state index contributed by atoms with van der Waals surface area (Å²) in [6.45, 7) is 8.58. The van der Waals surface area contributed by atoms with Gasteiger partial charge < -0.3 is 15.0 Å². The van der Waals surface area contributed by atoms with Crippen LogP contribution in [0.3, 0.4) is 0 Å². The first-order valence-corrected chi connectivity index (χ1v) is 9.98. The number of carbonyl (C=O) groups is 1. The van der Waals surface area contributed by atoms with Crippen LogP contribution in [0.2, 0.25) is 0 Å². The summed E-state index contributed by atoms with van der Waals surface area (Å²) < 4.78 is 5.75. The molecule has 3 rings (SSSR count). The van der Waals surface area contributed by atoms with Crippen LogP contribution in [0, 0.1) is 5.92 Å². The molecule has 7 heteroatoms. The highest BCUT2D eigenvalue weighted by atomic mass is 35.5. The Morgan fingerprint density at radius 3 is 2.54 bits per heavy atom. The molecular weight excluding hydrogens is 397 g/mol. The highest BCUT2D eigenvalue weighted by Gasteiger charge is 2.42. The van der Waals surface area contributed by atoms with Crippen molar-refractivity contribution < 1.29 is 9.53 Å². The fourth-order valence-corrected chi connectivity index (χ4v) is 4.34. The Bertz CT molecular complexity index is 582. The normalized spacial score (nSPS) is 21.4. The summed E-state index contributed by atoms with van der Waals surface area (Å²) in [6, 6.07) is 10.6. The van der Waals surface area contributed by atoms with Gasteiger partial charge in [0.1, 0.15) is 5.60 Å². The number of methoxy groups -OCH3 is 1. The summed E-state index contributed by atoms with van der Waals surface area (Å²) in [7, 11) is 1.69. The van der Waals surface area contributed by atoms with Crippen molar-refractivity contribution in [2.75, 3.05) is 46.4 Å². The summed E-state index contributed by atoms with van der Waals surface area (Å²) >= 11 is 0. The first kappa shape index (κ1) is 25.2. The van der Waals surface area contributed by atoms with Gasteiger partial charge in [-0.05, 0) is 57.3 Å². The third kappa shape index (κ3) is 6.07. The lowest BCUT2D eigenvalue weighted by Crippen LogP contribution is -2.56. The van der Waals surface area contributed by atoms with Crippen molar-refractivity contribution in [1.29, 1.82) is 0 Å². The first-order valence-electron chi connectivity index (χ1n) is 9.98. The molecule has 2 fully saturated rings. The van der Waals surface area contributed by atoms with Crippen molar-refractivity contribution in [3.63, 3.8) is 0 Å². The van der Waals surface area contributed by atoms with Crippen LogP contribution in [-0.4, -0.2) is 67.7 Å². The molecule has 1 aromatic carbocycles. The van der Waals surface area contributed by atoms with E-state index < -0.39 is 5.60 Å². The van der Waals surface area contributed by atoms with E-state index in [2.05, 4.69) is 47.5 Å². The summed E-state index contributed by atoms with van der Waals surface area (Å²) in [5.74, 6) is 0.740. The second kappa shape index (κ2) is 12.0. The number of benzene rings is 1. The zero-order valence-electron chi connectivity index (χ0n) is 17.1. The minimum Gasteiger partial charge on any atom is -0.368 e. The Kier molecular flexibility index (Phi) is 10.8. The summed E-state index contributed by atoms with van der Waals surface area (Å²) in [5.41, 5.74) is 0.744. The number of hydrogen-bond donors (Lipinski definition) is 1. The molecule has 0 saturated carbocycles. The van der Waals surface area contributed by atoms with Gasteiger partial charge in [-0.1, -0.05) is 30.3 Å². The number of likely N-dealkylation sites (N-methyl/N-ethyl adjacent to an activating group) is 1. The molecule has 160 valence electrons. The molecule has 2 aliphatic rings. The lowest BCUT2D eigenvalue weighted by atomic mass is 9.90. The predicted octanol–water partition coefficient (Wildman–Crippen LogP) is 2.97. The van der Waals surface area contributed by atoms with E-state index in [1.807, 2.05) is 4.90 Å². The Morgan fingerprint density at radius 2 is 1.93 bits per heavy atom. The van der Waals surface area contributed by atoms with E-state index in [1.54, 1.807) is 7.11 Å². The van der Waals surface area contributed by atoms with E-state index in [0.717, 1.165) is 65.1 Å². The Hall–Kier alpha value is -0.850. The van der Waals surface area contributed by atoms with Crippen LogP contribution in [-0.2, 0) is 16.1 Å². The van der Waals surface area contributed by atoms with Crippen LogP contribution < -0.4 is 5.32 Å². The number of likely N-dealkylation sites (tertiary alicyclic amines) is 1. The van der Waals surface area contributed by atoms with E-state index >= 15 is 0 Å². The molecule has 1 aromatic rings. The number of rotatable bonds is 7. The van der Waals surface area contributed by atoms with Crippen molar-refractivity contribution >= 4 is 30.7 Å². The van der Waals surface area contributed by atoms with Crippen LogP contribution in [0.15, 0.2) is 30.3 Å². The first-order chi connectivity index (χ1) is 12.7. The lowest BCUT2D eigenvalue weighted by molar-refractivity contribution is -0.158. The molecule has 0 aliphatic carbocycles. The highest BCUT2D eigenvalue weighted by molar-refractivity contribution is 5.86. The maximum Gasteiger partial charge on any atom is 0.254 e. The summed E-state index contributed by atoms with van der Waals surface area (Å²) in [6.07, 6.45) is 2.70. The number of carbonyl (C=O) groups excluding carboxylic acids is 1. The minimum absolute atomic E-state index is 0. The molecule has 2 aliphatic heterocycles. The second-order valence-corrected chi connectivity index (χ2v) is 7.67. The van der Waals surface area contributed by atoms with Gasteiger partial charge in [0.15, 0.2) is 0 Å². The van der Waals surface area contributed by atoms with E-state index in [1.165, 1.54) is 5.56 Å². The molecule has 1 amide bonds. The monoisotopic (exact) mass is 431 g/mol. The maximum atomic E-state index is 13.2. The average Bonchev–Trinajstić information content (AvgIpc) is 3.13. The van der Waals surface area contributed by atoms with Gasteiger partial charge in [-0.3, -0.25) is 9.69 Å². The molecule has 1 atom stereocenters. The molecular formula is C21H35Cl2N3O2. The molecule has 1 N–H and O–H groups in total. The van der Waals surface area contributed by atoms with Gasteiger partial charge >= 0.3 is 0 Å². The van der Waals surface area contributed by atoms with Crippen LogP contribution in [0.1, 0.15) is 31.7 Å². The fourth-order valence-electron chi connectivity index (χ4n) is 4.34. The maximum absolute atomic E-state index is 13.2. The standard InChI is InChI=1S/C21H33N3O2.2ClH/c1-3-24(20(25)21(26-2)10-12-22-13-11-21)17-19-9-14-23(16-19)15-18-7-5-4-6-8-18;;/h4-8,19,22H,3,9-17H2,1-2H3;2*1H. The van der Waals surface area contributed by atoms with Crippen LogP contribution in [0.4, 0.5) is 0 Å². The number of ether oxygens (including phenoxy) is 1. The van der Waals surface area contributed by atoms with E-state index in [-0.39, 0.29) is 30.7 Å². The molecule has 5 nitrogen and oxygen atoms in total. The van der Waals surface area contributed by atoms with Gasteiger partial charge in [-0.2, -0.15) is 0 Å². The van der Waals surface area contributed by atoms with E-state index in [4.69, 9.17) is 4.74 Å². The molecule has 0 spiro atoms. The van der Waals surface area contributed by atoms with Gasteiger partial charge in [0.25, 0.3) is 5.91 Å². The third-order valence-electron chi connectivity index (χ3n) is 5.96. The van der Waals surface area contributed by atoms with Gasteiger partial charge in [0, 0.05) is 33.3 Å². The number of nitrogens with one attached hydrogen (secondary N) is 1. The fraction of sp³-hybridized carbons (Fsp3) is 0.667. The Balaban J connectivity index is 0.00000196. The zero-order chi connectivity index (χ0) is 18.4. The highest BCUT2D eigenvalue weighted by Crippen LogP contribution is 2.27. The molecule has 1 unspecified atom stereocenters. The van der Waals surface area contributed by atoms with Gasteiger partial charge in [0.05, 0.1) is 0 Å². The van der Waals surface area contributed by atoms with Crippen molar-refractivity contribution in [2.24, 2.45) is 5.92 Å². The van der Waals surface area contributed by atoms with Gasteiger partial charge in [-0.15, -0.1) is 24.8 Å². The topological polar surface area (TPSA) is 44.8 Å². The van der Waals surface area contributed by atoms with Crippen LogP contribution >= 0.6 is 24.8 Å². The van der Waals surface area contributed by atoms with Crippen molar-refractivity contribution in [2.45, 2.75) is 38.3 Å². The molecule has 0 aromatic heterocycles. The Morgan fingerprint density at radius 1 is 1.25 bits per heavy atom. The number of amides is 1. The summed E-state index contributed by atoms with van der Waals surface area (Å²) in [5, 5.41) is 3.33. The van der Waals surface area contributed by atoms with E-state index in [0.29, 0.717) is 5.92 Å². The third-order valence-corrected chi connectivity index (χ3v) is 5.96. The molecule has 28 heavy (non-hydrogen) atoms. The van der Waals surface area contributed by atoms with E-state index in [9.17, 15) is 4.79 Å². The van der Waals surface area contributed by atoms with Crippen molar-refractivity contribution in [3.05, 3.63) is 35.9 Å². The quantitative estimate of drug-likeness (QED) is 0.720. The van der Waals surface area contributed by atoms with Crippen LogP contribution in [0.25, 0.3) is 0 Å². The summed E-state index contributed by atoms with van der Waals surface area (Å²) in [4.78, 5) is 17.7. The van der Waals surface area contributed by atoms with Crippen molar-refractivity contribution in [1.82, 2.24) is 15.1 Å². The average molecular weight is 432 g/mol. The lowest BCUT2D eigenvalue weighted by Gasteiger charge is -2.39. The largest absolute Gasteiger partial charge is 0.368 e. The number of hydrogen-bond acceptors (Lipinski definition) is 4. The van der Waals surface area contributed by atoms with Gasteiger partial charge in [-0.25, -0.2) is 0 Å². The smallest absolute Gasteiger partial charge is 0.254 e. The Labute approximate surface area is 182 Å². The second-order valence-electron chi connectivity index (χ2n) is 7.67. The van der Waals surface area contributed by atoms with Crippen LogP contribution in [0.5, 0.6) is 0 Å². The molecule has 2 saturated heterocycles. The van der Waals surface area contributed by atoms with Crippen molar-refractivity contribution in [3.8, 4) is 0 Å². The zero-order valence-corrected chi connectivity index (χ0v) is 18.7. The molecule has 0 bridgehead atoms. The number of piperidine rings is 1. The minimum atomic E-state index is -0.621. The SMILES string of the molecule is CCN(CC1CCN(Cc2ccccc2)C1)C(=O)C1(OC)CCNCC1.Cl.Cl. The molecule has 2 heterocycles. The number of nitrogens with zero attached hydrogens (tertiary/aromatic N) is 2. The molecule has 0 radical (unpaired) electrons. The predicted molar refractivity (Wildman–Crippen MR) is 118 cm³/mol. The number of halogens is 2.